The Balaban J connectivity index is 1.86. The Labute approximate surface area is 100 Å². The summed E-state index contributed by atoms with van der Waals surface area (Å²) >= 11 is 0. The summed E-state index contributed by atoms with van der Waals surface area (Å²) in [5, 5.41) is 9.59. The smallest absolute Gasteiger partial charge is 0.0497 e. The molecule has 0 radical (unpaired) electrons. The van der Waals surface area contributed by atoms with E-state index in [4.69, 9.17) is 0 Å². The van der Waals surface area contributed by atoms with E-state index in [1.54, 1.807) is 0 Å². The van der Waals surface area contributed by atoms with Gasteiger partial charge in [0.15, 0.2) is 0 Å². The van der Waals surface area contributed by atoms with E-state index in [9.17, 15) is 5.11 Å². The molecule has 2 aliphatic rings. The highest BCUT2D eigenvalue weighted by molar-refractivity contribution is 4.91. The van der Waals surface area contributed by atoms with Gasteiger partial charge in [-0.2, -0.15) is 0 Å². The molecule has 2 aliphatic carbocycles. The van der Waals surface area contributed by atoms with E-state index >= 15 is 0 Å². The molecule has 2 fully saturated rings. The minimum atomic E-state index is 0.131. The normalized spacial score (nSPS) is 24.8. The fraction of sp³-hybridized carbons (Fsp3) is 1.00. The maximum absolute atomic E-state index is 9.59. The average Bonchev–Trinajstić information content (AvgIpc) is 3.10. The molecular weight excluding hydrogens is 198 g/mol. The van der Waals surface area contributed by atoms with Crippen molar-refractivity contribution in [2.45, 2.75) is 58.4 Å². The van der Waals surface area contributed by atoms with Crippen molar-refractivity contribution in [3.05, 3.63) is 0 Å². The van der Waals surface area contributed by atoms with E-state index in [1.165, 1.54) is 38.6 Å². The van der Waals surface area contributed by atoms with E-state index in [0.717, 1.165) is 24.9 Å². The van der Waals surface area contributed by atoms with Gasteiger partial charge in [-0.15, -0.1) is 0 Å². The fourth-order valence-electron chi connectivity index (χ4n) is 2.72. The van der Waals surface area contributed by atoms with Crippen LogP contribution in [-0.4, -0.2) is 35.7 Å². The molecule has 0 spiro atoms. The quantitative estimate of drug-likeness (QED) is 0.686. The number of aliphatic hydroxyl groups excluding tert-OH is 1. The van der Waals surface area contributed by atoms with Gasteiger partial charge in [-0.05, 0) is 38.0 Å². The molecule has 0 aromatic carbocycles. The summed E-state index contributed by atoms with van der Waals surface area (Å²) in [7, 11) is 0. The van der Waals surface area contributed by atoms with E-state index in [2.05, 4.69) is 18.7 Å². The molecular formula is C14H27NO. The topological polar surface area (TPSA) is 23.5 Å². The van der Waals surface area contributed by atoms with Crippen molar-refractivity contribution in [2.24, 2.45) is 11.3 Å². The van der Waals surface area contributed by atoms with Crippen LogP contribution in [0.25, 0.3) is 0 Å². The van der Waals surface area contributed by atoms with Gasteiger partial charge in [0.25, 0.3) is 0 Å². The van der Waals surface area contributed by atoms with Gasteiger partial charge < -0.3 is 5.11 Å². The molecule has 2 heteroatoms. The van der Waals surface area contributed by atoms with Gasteiger partial charge in [0, 0.05) is 31.2 Å². The monoisotopic (exact) mass is 225 g/mol. The standard InChI is InChI=1S/C14H27NO/c1-3-8-14(2,11-16)10-15(13-6-7-13)9-12-4-5-12/h12-13,16H,3-11H2,1-2H3. The summed E-state index contributed by atoms with van der Waals surface area (Å²) in [6.07, 6.45) is 7.98. The van der Waals surface area contributed by atoms with Crippen molar-refractivity contribution < 1.29 is 5.11 Å². The number of nitrogens with zero attached hydrogens (tertiary/aromatic N) is 1. The third-order valence-corrected chi connectivity index (χ3v) is 4.07. The summed E-state index contributed by atoms with van der Waals surface area (Å²) < 4.78 is 0. The lowest BCUT2D eigenvalue weighted by atomic mass is 9.86. The lowest BCUT2D eigenvalue weighted by molar-refractivity contribution is 0.0739. The van der Waals surface area contributed by atoms with Crippen molar-refractivity contribution in [3.8, 4) is 0 Å². The van der Waals surface area contributed by atoms with Crippen molar-refractivity contribution in [3.63, 3.8) is 0 Å². The van der Waals surface area contributed by atoms with Crippen molar-refractivity contribution in [2.75, 3.05) is 19.7 Å². The highest BCUT2D eigenvalue weighted by atomic mass is 16.3. The highest BCUT2D eigenvalue weighted by Gasteiger charge is 2.37. The van der Waals surface area contributed by atoms with Crippen molar-refractivity contribution in [1.82, 2.24) is 4.90 Å². The van der Waals surface area contributed by atoms with E-state index < -0.39 is 0 Å². The summed E-state index contributed by atoms with van der Waals surface area (Å²) in [6.45, 7) is 7.21. The molecule has 2 rings (SSSR count). The van der Waals surface area contributed by atoms with Crippen molar-refractivity contribution >= 4 is 0 Å². The van der Waals surface area contributed by atoms with Crippen LogP contribution in [0.15, 0.2) is 0 Å². The van der Waals surface area contributed by atoms with Gasteiger partial charge in [0.05, 0.1) is 0 Å². The van der Waals surface area contributed by atoms with Gasteiger partial charge in [0.1, 0.15) is 0 Å². The van der Waals surface area contributed by atoms with Crippen LogP contribution in [-0.2, 0) is 0 Å². The third-order valence-electron chi connectivity index (χ3n) is 4.07. The molecule has 0 bridgehead atoms. The first-order valence-corrected chi connectivity index (χ1v) is 7.02. The van der Waals surface area contributed by atoms with E-state index in [-0.39, 0.29) is 5.41 Å². The Morgan fingerprint density at radius 2 is 1.94 bits per heavy atom. The third kappa shape index (κ3) is 3.46. The Morgan fingerprint density at radius 3 is 2.38 bits per heavy atom. The zero-order valence-corrected chi connectivity index (χ0v) is 10.9. The lowest BCUT2D eigenvalue weighted by Crippen LogP contribution is -2.40. The van der Waals surface area contributed by atoms with Gasteiger partial charge >= 0.3 is 0 Å². The van der Waals surface area contributed by atoms with Crippen LogP contribution in [0.5, 0.6) is 0 Å². The predicted octanol–water partition coefficient (Wildman–Crippen LogP) is 2.66. The van der Waals surface area contributed by atoms with Crippen LogP contribution < -0.4 is 0 Å². The summed E-state index contributed by atoms with van der Waals surface area (Å²) in [5.41, 5.74) is 0.131. The first-order chi connectivity index (χ1) is 7.67. The van der Waals surface area contributed by atoms with Gasteiger partial charge in [-0.25, -0.2) is 0 Å². The molecule has 0 saturated heterocycles. The molecule has 2 nitrogen and oxygen atoms in total. The van der Waals surface area contributed by atoms with Gasteiger partial charge in [-0.3, -0.25) is 4.90 Å². The zero-order valence-electron chi connectivity index (χ0n) is 10.9. The van der Waals surface area contributed by atoms with Crippen LogP contribution >= 0.6 is 0 Å². The molecule has 0 aromatic heterocycles. The second kappa shape index (κ2) is 5.05. The average molecular weight is 225 g/mol. The van der Waals surface area contributed by atoms with Crippen LogP contribution in [0.4, 0.5) is 0 Å². The second-order valence-electron chi connectivity index (χ2n) is 6.32. The molecule has 0 heterocycles. The maximum atomic E-state index is 9.59. The van der Waals surface area contributed by atoms with Crippen LogP contribution in [0.3, 0.4) is 0 Å². The molecule has 1 atom stereocenters. The highest BCUT2D eigenvalue weighted by Crippen LogP contribution is 2.37. The van der Waals surface area contributed by atoms with E-state index in [0.29, 0.717) is 6.61 Å². The molecule has 0 aliphatic heterocycles. The molecule has 94 valence electrons. The first-order valence-electron chi connectivity index (χ1n) is 7.02. The van der Waals surface area contributed by atoms with E-state index in [1.807, 2.05) is 0 Å². The molecule has 1 unspecified atom stereocenters. The Bertz CT molecular complexity index is 223. The molecule has 1 N–H and O–H groups in total. The summed E-state index contributed by atoms with van der Waals surface area (Å²) in [6, 6.07) is 0.850. The molecule has 16 heavy (non-hydrogen) atoms. The molecule has 0 amide bonds. The fourth-order valence-corrected chi connectivity index (χ4v) is 2.72. The SMILES string of the molecule is CCCC(C)(CO)CN(CC1CC1)C1CC1. The largest absolute Gasteiger partial charge is 0.396 e. The second-order valence-corrected chi connectivity index (χ2v) is 6.32. The van der Waals surface area contributed by atoms with Gasteiger partial charge in [0.2, 0.25) is 0 Å². The number of hydrogen-bond acceptors (Lipinski definition) is 2. The number of aliphatic hydroxyl groups is 1. The zero-order chi connectivity index (χ0) is 11.6. The lowest BCUT2D eigenvalue weighted by Gasteiger charge is -2.34. The predicted molar refractivity (Wildman–Crippen MR) is 67.4 cm³/mol. The van der Waals surface area contributed by atoms with Crippen LogP contribution in [0.2, 0.25) is 0 Å². The molecule has 2 saturated carbocycles. The Morgan fingerprint density at radius 1 is 1.25 bits per heavy atom. The van der Waals surface area contributed by atoms with Crippen LogP contribution in [0, 0.1) is 11.3 Å². The Hall–Kier alpha value is -0.0800. The minimum Gasteiger partial charge on any atom is -0.396 e. The summed E-state index contributed by atoms with van der Waals surface area (Å²) in [4.78, 5) is 2.67. The van der Waals surface area contributed by atoms with Crippen molar-refractivity contribution in [1.29, 1.82) is 0 Å². The number of hydrogen-bond donors (Lipinski definition) is 1. The van der Waals surface area contributed by atoms with Crippen LogP contribution in [0.1, 0.15) is 52.4 Å². The molecule has 0 aromatic rings. The minimum absolute atomic E-state index is 0.131. The number of rotatable bonds is 8. The first kappa shape index (κ1) is 12.4. The Kier molecular flexibility index (Phi) is 3.91. The van der Waals surface area contributed by atoms with Gasteiger partial charge in [-0.1, -0.05) is 20.3 Å². The maximum Gasteiger partial charge on any atom is 0.0497 e. The summed E-state index contributed by atoms with van der Waals surface area (Å²) in [5.74, 6) is 0.977.